The summed E-state index contributed by atoms with van der Waals surface area (Å²) in [7, 11) is 0. The maximum Gasteiger partial charge on any atom is 0.234 e. The number of nitrogens with zero attached hydrogens (tertiary/aromatic N) is 3. The van der Waals surface area contributed by atoms with Crippen LogP contribution < -0.4 is 10.6 Å². The van der Waals surface area contributed by atoms with Crippen LogP contribution in [0.4, 0.5) is 11.4 Å². The Balaban J connectivity index is 1.47. The molecule has 0 atom stereocenters. The number of thioether (sulfide) groups is 1. The van der Waals surface area contributed by atoms with E-state index in [0.29, 0.717) is 23.1 Å². The highest BCUT2D eigenvalue weighted by molar-refractivity contribution is 7.99. The highest BCUT2D eigenvalue weighted by atomic mass is 32.2. The molecule has 2 aromatic carbocycles. The summed E-state index contributed by atoms with van der Waals surface area (Å²) < 4.78 is 2.04. The maximum atomic E-state index is 12.5. The van der Waals surface area contributed by atoms with Crippen LogP contribution in [0, 0.1) is 0 Å². The molecule has 162 valence electrons. The lowest BCUT2D eigenvalue weighted by Crippen LogP contribution is -2.15. The number of hydrogen-bond donors (Lipinski definition) is 2. The van der Waals surface area contributed by atoms with Crippen LogP contribution in [0.25, 0.3) is 10.7 Å². The number of amides is 2. The van der Waals surface area contributed by atoms with Gasteiger partial charge >= 0.3 is 0 Å². The summed E-state index contributed by atoms with van der Waals surface area (Å²) in [6.45, 7) is 2.06. The molecular weight excluding hydrogens is 442 g/mol. The molecule has 0 aliphatic heterocycles. The lowest BCUT2D eigenvalue weighted by atomic mass is 10.2. The van der Waals surface area contributed by atoms with Gasteiger partial charge in [0, 0.05) is 18.3 Å². The molecule has 0 radical (unpaired) electrons. The van der Waals surface area contributed by atoms with Gasteiger partial charge in [-0.3, -0.25) is 14.2 Å². The van der Waals surface area contributed by atoms with E-state index in [2.05, 4.69) is 33.0 Å². The van der Waals surface area contributed by atoms with Crippen molar-refractivity contribution in [1.29, 1.82) is 0 Å². The van der Waals surface area contributed by atoms with E-state index in [1.54, 1.807) is 35.6 Å². The van der Waals surface area contributed by atoms with Gasteiger partial charge in [0.05, 0.1) is 17.2 Å². The van der Waals surface area contributed by atoms with Crippen molar-refractivity contribution in [3.8, 4) is 10.7 Å². The Morgan fingerprint density at radius 1 is 0.969 bits per heavy atom. The molecule has 0 saturated carbocycles. The molecule has 32 heavy (non-hydrogen) atoms. The van der Waals surface area contributed by atoms with E-state index in [1.165, 1.54) is 18.7 Å². The summed E-state index contributed by atoms with van der Waals surface area (Å²) in [6.07, 6.45) is 0. The standard InChI is InChI=1S/C23H21N5O2S2/c1-16(29)24-18-9-5-10-19(13-18)25-21(30)15-32-23-27-26-22(20-11-6-12-31-20)28(23)14-17-7-3-2-4-8-17/h2-13H,14-15H2,1H3,(H,24,29)(H,25,30). The Labute approximate surface area is 193 Å². The second kappa shape index (κ2) is 10.3. The Hall–Kier alpha value is -3.43. The SMILES string of the molecule is CC(=O)Nc1cccc(NC(=O)CSc2nnc(-c3cccs3)n2Cc2ccccc2)c1. The minimum absolute atomic E-state index is 0.164. The number of carbonyl (C=O) groups is 2. The normalized spacial score (nSPS) is 10.7. The quantitative estimate of drug-likeness (QED) is 0.368. The molecule has 2 N–H and O–H groups in total. The largest absolute Gasteiger partial charge is 0.326 e. The van der Waals surface area contributed by atoms with E-state index in [-0.39, 0.29) is 17.6 Å². The van der Waals surface area contributed by atoms with Gasteiger partial charge in [-0.1, -0.05) is 54.2 Å². The van der Waals surface area contributed by atoms with Crippen LogP contribution in [0.5, 0.6) is 0 Å². The molecule has 0 bridgehead atoms. The van der Waals surface area contributed by atoms with Gasteiger partial charge in [0.2, 0.25) is 11.8 Å². The van der Waals surface area contributed by atoms with Gasteiger partial charge in [-0.25, -0.2) is 0 Å². The number of carbonyl (C=O) groups excluding carboxylic acids is 2. The fourth-order valence-corrected chi connectivity index (χ4v) is 4.55. The van der Waals surface area contributed by atoms with Gasteiger partial charge in [-0.2, -0.15) is 0 Å². The van der Waals surface area contributed by atoms with Gasteiger partial charge in [-0.15, -0.1) is 21.5 Å². The van der Waals surface area contributed by atoms with Gasteiger partial charge < -0.3 is 10.6 Å². The molecule has 0 saturated heterocycles. The first-order chi connectivity index (χ1) is 15.6. The zero-order valence-electron chi connectivity index (χ0n) is 17.3. The van der Waals surface area contributed by atoms with E-state index in [0.717, 1.165) is 16.3 Å². The third-order valence-electron chi connectivity index (χ3n) is 4.44. The number of benzene rings is 2. The van der Waals surface area contributed by atoms with Crippen molar-refractivity contribution in [3.63, 3.8) is 0 Å². The average molecular weight is 464 g/mol. The molecule has 9 heteroatoms. The summed E-state index contributed by atoms with van der Waals surface area (Å²) in [4.78, 5) is 24.8. The summed E-state index contributed by atoms with van der Waals surface area (Å²) in [6, 6.07) is 21.1. The Morgan fingerprint density at radius 3 is 2.47 bits per heavy atom. The fourth-order valence-electron chi connectivity index (χ4n) is 3.10. The molecule has 0 unspecified atom stereocenters. The van der Waals surface area contributed by atoms with Crippen molar-refractivity contribution in [1.82, 2.24) is 14.8 Å². The van der Waals surface area contributed by atoms with Crippen molar-refractivity contribution >= 4 is 46.3 Å². The second-order valence-corrected chi connectivity index (χ2v) is 8.84. The molecule has 0 aliphatic rings. The van der Waals surface area contributed by atoms with E-state index < -0.39 is 0 Å². The minimum atomic E-state index is -0.165. The number of hydrogen-bond acceptors (Lipinski definition) is 6. The van der Waals surface area contributed by atoms with E-state index in [4.69, 9.17) is 0 Å². The molecule has 2 aromatic heterocycles. The highest BCUT2D eigenvalue weighted by Gasteiger charge is 2.17. The van der Waals surface area contributed by atoms with E-state index in [9.17, 15) is 9.59 Å². The van der Waals surface area contributed by atoms with E-state index in [1.807, 2.05) is 40.3 Å². The van der Waals surface area contributed by atoms with Gasteiger partial charge in [0.1, 0.15) is 0 Å². The van der Waals surface area contributed by atoms with Crippen LogP contribution in [0.15, 0.2) is 77.3 Å². The van der Waals surface area contributed by atoms with Crippen LogP contribution in [0.2, 0.25) is 0 Å². The molecule has 7 nitrogen and oxygen atoms in total. The van der Waals surface area contributed by atoms with Gasteiger partial charge in [0.25, 0.3) is 0 Å². The summed E-state index contributed by atoms with van der Waals surface area (Å²) in [5.41, 5.74) is 2.38. The van der Waals surface area contributed by atoms with E-state index >= 15 is 0 Å². The highest BCUT2D eigenvalue weighted by Crippen LogP contribution is 2.28. The minimum Gasteiger partial charge on any atom is -0.326 e. The predicted molar refractivity (Wildman–Crippen MR) is 129 cm³/mol. The molecular formula is C23H21N5O2S2. The van der Waals surface area contributed by atoms with Crippen molar-refractivity contribution < 1.29 is 9.59 Å². The second-order valence-electron chi connectivity index (χ2n) is 6.95. The summed E-state index contributed by atoms with van der Waals surface area (Å²) in [5, 5.41) is 17.0. The first-order valence-corrected chi connectivity index (χ1v) is 11.8. The Morgan fingerprint density at radius 2 is 1.75 bits per heavy atom. The van der Waals surface area contributed by atoms with Crippen LogP contribution >= 0.6 is 23.1 Å². The average Bonchev–Trinajstić information content (AvgIpc) is 3.43. The molecule has 0 fully saturated rings. The predicted octanol–water partition coefficient (Wildman–Crippen LogP) is 4.74. The molecule has 0 aliphatic carbocycles. The molecule has 0 spiro atoms. The lowest BCUT2D eigenvalue weighted by Gasteiger charge is -2.10. The van der Waals surface area contributed by atoms with Gasteiger partial charge in [-0.05, 0) is 35.2 Å². The first kappa shape index (κ1) is 21.8. The van der Waals surface area contributed by atoms with Crippen LogP contribution in [-0.4, -0.2) is 32.3 Å². The topological polar surface area (TPSA) is 88.9 Å². The molecule has 4 aromatic rings. The summed E-state index contributed by atoms with van der Waals surface area (Å²) in [5.74, 6) is 0.641. The molecule has 2 heterocycles. The fraction of sp³-hybridized carbons (Fsp3) is 0.130. The van der Waals surface area contributed by atoms with Crippen LogP contribution in [-0.2, 0) is 16.1 Å². The smallest absolute Gasteiger partial charge is 0.234 e. The molecule has 2 amide bonds. The van der Waals surface area contributed by atoms with Crippen molar-refractivity contribution in [2.45, 2.75) is 18.6 Å². The number of aromatic nitrogens is 3. The maximum absolute atomic E-state index is 12.5. The zero-order chi connectivity index (χ0) is 22.3. The van der Waals surface area contributed by atoms with Crippen LogP contribution in [0.3, 0.4) is 0 Å². The third-order valence-corrected chi connectivity index (χ3v) is 6.27. The monoisotopic (exact) mass is 463 g/mol. The van der Waals surface area contributed by atoms with Crippen molar-refractivity contribution in [2.75, 3.05) is 16.4 Å². The zero-order valence-corrected chi connectivity index (χ0v) is 19.0. The lowest BCUT2D eigenvalue weighted by molar-refractivity contribution is -0.114. The van der Waals surface area contributed by atoms with Crippen molar-refractivity contribution in [2.24, 2.45) is 0 Å². The number of anilines is 2. The molecule has 4 rings (SSSR count). The van der Waals surface area contributed by atoms with Crippen LogP contribution in [0.1, 0.15) is 12.5 Å². The third kappa shape index (κ3) is 5.63. The first-order valence-electron chi connectivity index (χ1n) is 9.90. The van der Waals surface area contributed by atoms with Crippen molar-refractivity contribution in [3.05, 3.63) is 77.7 Å². The number of rotatable bonds is 8. The Kier molecular flexibility index (Phi) is 6.98. The number of thiophene rings is 1. The van der Waals surface area contributed by atoms with Gasteiger partial charge in [0.15, 0.2) is 11.0 Å². The Bertz CT molecular complexity index is 1210. The number of nitrogens with one attached hydrogen (secondary N) is 2. The summed E-state index contributed by atoms with van der Waals surface area (Å²) >= 11 is 2.94.